The van der Waals surface area contributed by atoms with E-state index in [2.05, 4.69) is 30.8 Å². The lowest BCUT2D eigenvalue weighted by Gasteiger charge is -2.13. The molecule has 0 aromatic carbocycles. The van der Waals surface area contributed by atoms with Crippen molar-refractivity contribution in [3.05, 3.63) is 24.4 Å². The van der Waals surface area contributed by atoms with E-state index in [0.29, 0.717) is 5.82 Å². The van der Waals surface area contributed by atoms with Crippen molar-refractivity contribution < 1.29 is 4.79 Å². The number of nitrogens with one attached hydrogen (secondary N) is 3. The van der Waals surface area contributed by atoms with Gasteiger partial charge in [0.25, 0.3) is 0 Å². The van der Waals surface area contributed by atoms with Gasteiger partial charge in [0.2, 0.25) is 0 Å². The number of fused-ring (bicyclic) bond motifs is 1. The second-order valence-corrected chi connectivity index (χ2v) is 6.77. The quantitative estimate of drug-likeness (QED) is 0.752. The van der Waals surface area contributed by atoms with Crippen LogP contribution in [0.2, 0.25) is 0 Å². The summed E-state index contributed by atoms with van der Waals surface area (Å²) in [4.78, 5) is 23.1. The number of nitrogens with zero attached hydrogens (tertiary/aromatic N) is 3. The average Bonchev–Trinajstić information content (AvgIpc) is 3.07. The zero-order valence-corrected chi connectivity index (χ0v) is 14.9. The Labute approximate surface area is 148 Å². The van der Waals surface area contributed by atoms with Crippen LogP contribution in [0.4, 0.5) is 16.3 Å². The molecule has 3 rings (SSSR count). The summed E-state index contributed by atoms with van der Waals surface area (Å²) in [6, 6.07) is 5.71. The molecular formula is C18H26N6O. The van der Waals surface area contributed by atoms with Crippen molar-refractivity contribution >= 4 is 28.6 Å². The second kappa shape index (κ2) is 8.11. The maximum atomic E-state index is 12.1. The van der Waals surface area contributed by atoms with Crippen molar-refractivity contribution in [1.82, 2.24) is 20.2 Å². The molecule has 0 spiro atoms. The van der Waals surface area contributed by atoms with Crippen molar-refractivity contribution in [2.75, 3.05) is 37.8 Å². The molecule has 7 heteroatoms. The predicted molar refractivity (Wildman–Crippen MR) is 101 cm³/mol. The fourth-order valence-corrected chi connectivity index (χ4v) is 3.00. The summed E-state index contributed by atoms with van der Waals surface area (Å²) in [5.41, 5.74) is 2.49. The molecule has 0 saturated heterocycles. The third-order valence-electron chi connectivity index (χ3n) is 4.36. The van der Waals surface area contributed by atoms with Crippen molar-refractivity contribution in [2.45, 2.75) is 31.7 Å². The molecule has 2 heterocycles. The number of urea groups is 1. The Bertz CT molecular complexity index is 727. The van der Waals surface area contributed by atoms with E-state index in [-0.39, 0.29) is 12.1 Å². The van der Waals surface area contributed by atoms with Crippen molar-refractivity contribution in [1.29, 1.82) is 0 Å². The van der Waals surface area contributed by atoms with Gasteiger partial charge in [0.15, 0.2) is 0 Å². The first-order valence-electron chi connectivity index (χ1n) is 8.83. The number of amides is 2. The second-order valence-electron chi connectivity index (χ2n) is 6.77. The van der Waals surface area contributed by atoms with E-state index in [4.69, 9.17) is 0 Å². The Morgan fingerprint density at radius 2 is 2.04 bits per heavy atom. The number of carbonyl (C=O) groups is 1. The van der Waals surface area contributed by atoms with Gasteiger partial charge in [-0.25, -0.2) is 9.78 Å². The van der Waals surface area contributed by atoms with Gasteiger partial charge in [-0.15, -0.1) is 0 Å². The normalized spacial score (nSPS) is 14.8. The van der Waals surface area contributed by atoms with Gasteiger partial charge < -0.3 is 15.5 Å². The van der Waals surface area contributed by atoms with Gasteiger partial charge in [-0.05, 0) is 45.1 Å². The fraction of sp³-hybridized carbons (Fsp3) is 0.500. The number of aromatic nitrogens is 2. The molecule has 25 heavy (non-hydrogen) atoms. The van der Waals surface area contributed by atoms with Gasteiger partial charge in [-0.2, -0.15) is 0 Å². The molecule has 1 aliphatic carbocycles. The molecule has 2 amide bonds. The first kappa shape index (κ1) is 17.4. The smallest absolute Gasteiger partial charge is 0.320 e. The number of likely N-dealkylation sites (N-methyl/N-ethyl adjacent to an activating group) is 1. The van der Waals surface area contributed by atoms with Gasteiger partial charge in [0, 0.05) is 19.1 Å². The molecule has 2 aromatic heterocycles. The Hall–Kier alpha value is -2.41. The molecule has 1 aliphatic rings. The molecule has 1 saturated carbocycles. The number of hydrogen-bond acceptors (Lipinski definition) is 5. The van der Waals surface area contributed by atoms with E-state index in [1.54, 1.807) is 12.3 Å². The highest BCUT2D eigenvalue weighted by Crippen LogP contribution is 2.19. The Kier molecular flexibility index (Phi) is 5.65. The molecule has 1 fully saturated rings. The van der Waals surface area contributed by atoms with Crippen LogP contribution in [0.3, 0.4) is 0 Å². The number of carbonyl (C=O) groups excluding carboxylic acids is 1. The van der Waals surface area contributed by atoms with Crippen molar-refractivity contribution in [3.8, 4) is 0 Å². The van der Waals surface area contributed by atoms with Crippen LogP contribution in [0.1, 0.15) is 25.7 Å². The van der Waals surface area contributed by atoms with Crippen LogP contribution < -0.4 is 16.0 Å². The topological polar surface area (TPSA) is 82.2 Å². The number of rotatable bonds is 6. The summed E-state index contributed by atoms with van der Waals surface area (Å²) in [7, 11) is 4.08. The molecule has 0 atom stereocenters. The zero-order valence-electron chi connectivity index (χ0n) is 14.9. The maximum absolute atomic E-state index is 12.1. The van der Waals surface area contributed by atoms with Crippen LogP contribution in [0.15, 0.2) is 24.4 Å². The molecule has 2 aromatic rings. The van der Waals surface area contributed by atoms with Crippen LogP contribution >= 0.6 is 0 Å². The van der Waals surface area contributed by atoms with Crippen LogP contribution in [0, 0.1) is 0 Å². The molecule has 134 valence electrons. The zero-order chi connectivity index (χ0) is 17.6. The summed E-state index contributed by atoms with van der Waals surface area (Å²) in [5, 5.41) is 9.16. The molecule has 0 aliphatic heterocycles. The average molecular weight is 342 g/mol. The minimum absolute atomic E-state index is 0.188. The molecule has 7 nitrogen and oxygen atoms in total. The van der Waals surface area contributed by atoms with E-state index in [9.17, 15) is 4.79 Å². The number of hydrogen-bond donors (Lipinski definition) is 3. The van der Waals surface area contributed by atoms with Gasteiger partial charge in [0.05, 0.1) is 22.9 Å². The van der Waals surface area contributed by atoms with Crippen molar-refractivity contribution in [3.63, 3.8) is 0 Å². The van der Waals surface area contributed by atoms with Crippen LogP contribution in [0.5, 0.6) is 0 Å². The first-order chi connectivity index (χ1) is 12.1. The first-order valence-corrected chi connectivity index (χ1v) is 8.83. The third kappa shape index (κ3) is 5.03. The predicted octanol–water partition coefficient (Wildman–Crippen LogP) is 2.67. The van der Waals surface area contributed by atoms with Crippen molar-refractivity contribution in [2.24, 2.45) is 0 Å². The van der Waals surface area contributed by atoms with Crippen LogP contribution in [-0.4, -0.2) is 54.1 Å². The third-order valence-corrected chi connectivity index (χ3v) is 4.36. The van der Waals surface area contributed by atoms with Gasteiger partial charge >= 0.3 is 6.03 Å². The summed E-state index contributed by atoms with van der Waals surface area (Å²) in [6.07, 6.45) is 6.30. The minimum Gasteiger partial charge on any atom is -0.382 e. The molecule has 0 radical (unpaired) electrons. The van der Waals surface area contributed by atoms with E-state index in [0.717, 1.165) is 42.7 Å². The highest BCUT2D eigenvalue weighted by molar-refractivity contribution is 5.90. The van der Waals surface area contributed by atoms with E-state index in [1.807, 2.05) is 26.2 Å². The van der Waals surface area contributed by atoms with E-state index >= 15 is 0 Å². The highest BCUT2D eigenvalue weighted by Gasteiger charge is 2.17. The highest BCUT2D eigenvalue weighted by atomic mass is 16.2. The summed E-state index contributed by atoms with van der Waals surface area (Å²) in [5.74, 6) is 0.537. The molecule has 0 bridgehead atoms. The standard InChI is InChI=1S/C18H26N6O/c1-24(2)10-9-19-14-11-16-15(20-12-14)7-8-17(22-16)23-18(25)21-13-5-3-4-6-13/h7-8,11-13,19H,3-6,9-10H2,1-2H3,(H2,21,22,23,25). The number of anilines is 2. The monoisotopic (exact) mass is 342 g/mol. The Morgan fingerprint density at radius 1 is 1.24 bits per heavy atom. The van der Waals surface area contributed by atoms with Gasteiger partial charge in [-0.1, -0.05) is 12.8 Å². The summed E-state index contributed by atoms with van der Waals surface area (Å²) >= 11 is 0. The molecular weight excluding hydrogens is 316 g/mol. The van der Waals surface area contributed by atoms with Gasteiger partial charge in [0.1, 0.15) is 5.82 Å². The number of pyridine rings is 2. The van der Waals surface area contributed by atoms with Crippen LogP contribution in [0.25, 0.3) is 11.0 Å². The lowest BCUT2D eigenvalue weighted by molar-refractivity contribution is 0.248. The lowest BCUT2D eigenvalue weighted by Crippen LogP contribution is -2.36. The van der Waals surface area contributed by atoms with E-state index < -0.39 is 0 Å². The molecule has 3 N–H and O–H groups in total. The Morgan fingerprint density at radius 3 is 2.80 bits per heavy atom. The van der Waals surface area contributed by atoms with E-state index in [1.165, 1.54) is 12.8 Å². The van der Waals surface area contributed by atoms with Gasteiger partial charge in [-0.3, -0.25) is 10.3 Å². The maximum Gasteiger partial charge on any atom is 0.320 e. The fourth-order valence-electron chi connectivity index (χ4n) is 3.00. The molecule has 0 unspecified atom stereocenters. The lowest BCUT2D eigenvalue weighted by atomic mass is 10.2. The largest absolute Gasteiger partial charge is 0.382 e. The van der Waals surface area contributed by atoms with Crippen LogP contribution in [-0.2, 0) is 0 Å². The summed E-state index contributed by atoms with van der Waals surface area (Å²) in [6.45, 7) is 1.77. The SMILES string of the molecule is CN(C)CCNc1cnc2ccc(NC(=O)NC3CCCC3)nc2c1. The minimum atomic E-state index is -0.188. The Balaban J connectivity index is 1.64. The summed E-state index contributed by atoms with van der Waals surface area (Å²) < 4.78 is 0.